The number of benzene rings is 10. The average molecular weight is 794 g/mol. The minimum Gasteiger partial charge on any atom is -0.455 e. The van der Waals surface area contributed by atoms with Crippen LogP contribution in [-0.4, -0.2) is 11.7 Å². The van der Waals surface area contributed by atoms with Crippen LogP contribution in [0.25, 0.3) is 98.4 Å². The third-order valence-electron chi connectivity index (χ3n) is 12.5. The number of hydrogen-bond acceptors (Lipinski definition) is 5. The van der Waals surface area contributed by atoms with E-state index in [0.29, 0.717) is 5.84 Å². The summed E-state index contributed by atoms with van der Waals surface area (Å²) in [6.07, 6.45) is -0.403. The number of rotatable bonds is 5. The zero-order valence-corrected chi connectivity index (χ0v) is 33.3. The molecule has 0 fully saturated rings. The number of nitrogens with zero attached hydrogens (tertiary/aromatic N) is 2. The van der Waals surface area contributed by atoms with Gasteiger partial charge in [-0.2, -0.15) is 0 Å². The molecule has 2 aromatic heterocycles. The van der Waals surface area contributed by atoms with E-state index in [0.717, 1.165) is 105 Å². The summed E-state index contributed by atoms with van der Waals surface area (Å²) in [7, 11) is 0. The summed E-state index contributed by atoms with van der Waals surface area (Å²) in [4.78, 5) is 10.7. The molecule has 1 atom stereocenters. The molecule has 0 spiro atoms. The van der Waals surface area contributed by atoms with Gasteiger partial charge in [0.05, 0.1) is 5.56 Å². The molecule has 3 heterocycles. The molecule has 1 N–H and O–H groups in total. The minimum atomic E-state index is -0.403. The van der Waals surface area contributed by atoms with E-state index in [1.165, 1.54) is 16.2 Å². The minimum absolute atomic E-state index is 0.403. The lowest BCUT2D eigenvalue weighted by atomic mass is 9.90. The largest absolute Gasteiger partial charge is 0.455 e. The molecule has 0 saturated heterocycles. The lowest BCUT2D eigenvalue weighted by Crippen LogP contribution is -2.33. The van der Waals surface area contributed by atoms with Crippen molar-refractivity contribution in [1.82, 2.24) is 5.32 Å². The summed E-state index contributed by atoms with van der Waals surface area (Å²) < 4.78 is 13.3. The normalized spacial score (nSPS) is 14.3. The van der Waals surface area contributed by atoms with Crippen LogP contribution >= 0.6 is 0 Å². The van der Waals surface area contributed by atoms with Crippen molar-refractivity contribution in [3.63, 3.8) is 0 Å². The Hall–Kier alpha value is -8.28. The van der Waals surface area contributed by atoms with E-state index in [2.05, 4.69) is 181 Å². The highest BCUT2D eigenvalue weighted by atomic mass is 16.3. The van der Waals surface area contributed by atoms with Gasteiger partial charge in [-0.25, -0.2) is 9.98 Å². The summed E-state index contributed by atoms with van der Waals surface area (Å²) in [6.45, 7) is 0. The van der Waals surface area contributed by atoms with Gasteiger partial charge >= 0.3 is 0 Å². The SMILES string of the molecule is c1ccc2cc(-c3ccc(-c4ccc(C5=NC(c6cccc7c6oc6ccccc67)=NC(c6ccc7ccccc7c6)N5)c5ccccc45)c4c3oc3ccccc34)ccc2c1. The van der Waals surface area contributed by atoms with Crippen molar-refractivity contribution < 1.29 is 8.83 Å². The first kappa shape index (κ1) is 34.6. The number of fused-ring (bicyclic) bond motifs is 9. The van der Waals surface area contributed by atoms with Crippen molar-refractivity contribution >= 4 is 87.9 Å². The fourth-order valence-electron chi connectivity index (χ4n) is 9.56. The van der Waals surface area contributed by atoms with Crippen LogP contribution in [0.2, 0.25) is 0 Å². The molecule has 5 nitrogen and oxygen atoms in total. The molecule has 0 radical (unpaired) electrons. The molecule has 12 aromatic rings. The predicted octanol–water partition coefficient (Wildman–Crippen LogP) is 14.8. The molecule has 62 heavy (non-hydrogen) atoms. The first-order chi connectivity index (χ1) is 30.7. The molecule has 1 unspecified atom stereocenters. The zero-order valence-electron chi connectivity index (χ0n) is 33.3. The Morgan fingerprint density at radius 3 is 1.77 bits per heavy atom. The van der Waals surface area contributed by atoms with Gasteiger partial charge in [-0.15, -0.1) is 0 Å². The highest BCUT2D eigenvalue weighted by molar-refractivity contribution is 6.24. The van der Waals surface area contributed by atoms with Crippen LogP contribution in [0, 0.1) is 0 Å². The van der Waals surface area contributed by atoms with Gasteiger partial charge in [-0.3, -0.25) is 0 Å². The smallest absolute Gasteiger partial charge is 0.163 e. The molecular weight excluding hydrogens is 759 g/mol. The predicted molar refractivity (Wildman–Crippen MR) is 256 cm³/mol. The maximum absolute atomic E-state index is 6.78. The van der Waals surface area contributed by atoms with E-state index in [9.17, 15) is 0 Å². The van der Waals surface area contributed by atoms with Gasteiger partial charge in [-0.1, -0.05) is 164 Å². The van der Waals surface area contributed by atoms with Crippen LogP contribution in [0.3, 0.4) is 0 Å². The van der Waals surface area contributed by atoms with Gasteiger partial charge in [0, 0.05) is 32.7 Å². The number of para-hydroxylation sites is 3. The molecule has 0 bridgehead atoms. The van der Waals surface area contributed by atoms with Crippen LogP contribution in [0.1, 0.15) is 22.9 Å². The van der Waals surface area contributed by atoms with Crippen molar-refractivity contribution in [2.75, 3.05) is 0 Å². The summed E-state index contributed by atoms with van der Waals surface area (Å²) in [6, 6.07) is 70.5. The number of nitrogens with one attached hydrogen (secondary N) is 1. The van der Waals surface area contributed by atoms with Gasteiger partial charge in [0.25, 0.3) is 0 Å². The molecule has 0 saturated carbocycles. The topological polar surface area (TPSA) is 63.0 Å². The van der Waals surface area contributed by atoms with Crippen LogP contribution in [0.15, 0.2) is 219 Å². The molecule has 290 valence electrons. The van der Waals surface area contributed by atoms with Gasteiger partial charge in [0.1, 0.15) is 34.3 Å². The van der Waals surface area contributed by atoms with E-state index >= 15 is 0 Å². The molecule has 1 aliphatic rings. The molecule has 0 amide bonds. The summed E-state index contributed by atoms with van der Waals surface area (Å²) >= 11 is 0. The quantitative estimate of drug-likeness (QED) is 0.189. The van der Waals surface area contributed by atoms with Gasteiger partial charge in [0.2, 0.25) is 0 Å². The Balaban J connectivity index is 0.999. The van der Waals surface area contributed by atoms with Crippen molar-refractivity contribution in [2.24, 2.45) is 9.98 Å². The van der Waals surface area contributed by atoms with Crippen molar-refractivity contribution in [1.29, 1.82) is 0 Å². The molecular formula is C57H35N3O2. The van der Waals surface area contributed by atoms with Gasteiger partial charge in [-0.05, 0) is 91.0 Å². The molecule has 5 heteroatoms. The molecule has 1 aliphatic heterocycles. The second-order valence-corrected chi connectivity index (χ2v) is 16.1. The van der Waals surface area contributed by atoms with E-state index in [4.69, 9.17) is 18.8 Å². The second-order valence-electron chi connectivity index (χ2n) is 16.1. The average Bonchev–Trinajstić information content (AvgIpc) is 3.92. The van der Waals surface area contributed by atoms with E-state index < -0.39 is 6.17 Å². The Morgan fingerprint density at radius 2 is 0.968 bits per heavy atom. The Morgan fingerprint density at radius 1 is 0.387 bits per heavy atom. The lowest BCUT2D eigenvalue weighted by Gasteiger charge is -2.25. The second kappa shape index (κ2) is 13.6. The molecule has 10 aromatic carbocycles. The Kier molecular flexibility index (Phi) is 7.60. The van der Waals surface area contributed by atoms with E-state index in [1.807, 2.05) is 24.3 Å². The van der Waals surface area contributed by atoms with Crippen LogP contribution < -0.4 is 5.32 Å². The number of furan rings is 2. The van der Waals surface area contributed by atoms with Crippen molar-refractivity contribution in [3.8, 4) is 22.3 Å². The van der Waals surface area contributed by atoms with Crippen LogP contribution in [0.5, 0.6) is 0 Å². The summed E-state index contributed by atoms with van der Waals surface area (Å²) in [5.41, 5.74) is 10.7. The van der Waals surface area contributed by atoms with E-state index in [1.54, 1.807) is 0 Å². The fourth-order valence-corrected chi connectivity index (χ4v) is 9.56. The van der Waals surface area contributed by atoms with Gasteiger partial charge in [0.15, 0.2) is 5.84 Å². The van der Waals surface area contributed by atoms with E-state index in [-0.39, 0.29) is 0 Å². The van der Waals surface area contributed by atoms with Crippen LogP contribution in [-0.2, 0) is 0 Å². The standard InChI is InChI=1S/C57H35N3O2/c1-3-14-36-32-38(26-24-34(36)12-1)40-28-30-45(52-48-19-8-10-23-51(48)62-54(40)52)43-29-31-47(42-17-6-5-16-41(42)43)56-58-55(39-27-25-35-13-2-4-15-37(35)33-39)59-57(60-56)49-21-11-20-46-44-18-7-9-22-50(44)61-53(46)49/h1-33,55H,(H,58,59,60). The third-order valence-corrected chi connectivity index (χ3v) is 12.5. The van der Waals surface area contributed by atoms with Gasteiger partial charge < -0.3 is 14.2 Å². The lowest BCUT2D eigenvalue weighted by molar-refractivity contribution is 0.663. The first-order valence-corrected chi connectivity index (χ1v) is 21.0. The summed E-state index contributed by atoms with van der Waals surface area (Å²) in [5.74, 6) is 1.36. The first-order valence-electron chi connectivity index (χ1n) is 21.0. The van der Waals surface area contributed by atoms with Crippen molar-refractivity contribution in [3.05, 3.63) is 217 Å². The number of amidine groups is 2. The number of hydrogen-bond donors (Lipinski definition) is 1. The van der Waals surface area contributed by atoms with Crippen molar-refractivity contribution in [2.45, 2.75) is 6.17 Å². The zero-order chi connectivity index (χ0) is 40.7. The Labute approximate surface area is 355 Å². The maximum atomic E-state index is 6.78. The maximum Gasteiger partial charge on any atom is 0.163 e. The molecule has 0 aliphatic carbocycles. The fraction of sp³-hybridized carbons (Fsp3) is 0.0175. The van der Waals surface area contributed by atoms with Crippen LogP contribution in [0.4, 0.5) is 0 Å². The Bertz CT molecular complexity index is 3870. The monoisotopic (exact) mass is 793 g/mol. The highest BCUT2D eigenvalue weighted by Gasteiger charge is 2.26. The number of aliphatic imine (C=N–C) groups is 2. The summed E-state index contributed by atoms with van der Waals surface area (Å²) in [5, 5.41) is 15.0. The molecule has 13 rings (SSSR count). The third kappa shape index (κ3) is 5.42. The highest BCUT2D eigenvalue weighted by Crippen LogP contribution is 2.44.